The summed E-state index contributed by atoms with van der Waals surface area (Å²) in [6.45, 7) is 6.36. The summed E-state index contributed by atoms with van der Waals surface area (Å²) < 4.78 is 17.2. The van der Waals surface area contributed by atoms with Crippen molar-refractivity contribution in [2.45, 2.75) is 51.7 Å². The Morgan fingerprint density at radius 2 is 2.00 bits per heavy atom. The van der Waals surface area contributed by atoms with Crippen molar-refractivity contribution in [1.29, 1.82) is 0 Å². The van der Waals surface area contributed by atoms with Crippen molar-refractivity contribution in [3.8, 4) is 0 Å². The van der Waals surface area contributed by atoms with Crippen molar-refractivity contribution >= 4 is 17.7 Å². The Morgan fingerprint density at radius 1 is 1.29 bits per heavy atom. The molecule has 0 heterocycles. The summed E-state index contributed by atoms with van der Waals surface area (Å²) >= 11 is 1.59. The molecule has 0 saturated carbocycles. The predicted octanol–water partition coefficient (Wildman–Crippen LogP) is 3.84. The van der Waals surface area contributed by atoms with Gasteiger partial charge in [-0.3, -0.25) is 9.18 Å². The third-order valence-electron chi connectivity index (χ3n) is 2.41. The number of hydrogen-bond acceptors (Lipinski definition) is 3. The molecule has 1 unspecified atom stereocenters. The van der Waals surface area contributed by atoms with Gasteiger partial charge in [0.25, 0.3) is 0 Å². The number of alkyl halides is 1. The first-order valence-electron chi connectivity index (χ1n) is 6.47. The highest BCUT2D eigenvalue weighted by atomic mass is 32.2. The second kappa shape index (κ2) is 10.9. The quantitative estimate of drug-likeness (QED) is 0.443. The molecular weight excluding hydrogens is 239 g/mol. The Kier molecular flexibility index (Phi) is 10.7. The standard InChI is InChI=1S/C13H25FO2S/c1-4-5-9-16-13(15)12(11(2)3)17-10-7-6-8-14/h11-12H,4-10H2,1-3H3. The van der Waals surface area contributed by atoms with E-state index in [1.165, 1.54) is 0 Å². The number of hydrogen-bond donors (Lipinski definition) is 0. The number of halogens is 1. The summed E-state index contributed by atoms with van der Waals surface area (Å²) in [4.78, 5) is 11.8. The minimum atomic E-state index is -0.270. The Bertz CT molecular complexity index is 198. The fourth-order valence-electron chi connectivity index (χ4n) is 1.34. The molecule has 0 N–H and O–H groups in total. The molecule has 0 bridgehead atoms. The van der Waals surface area contributed by atoms with Crippen molar-refractivity contribution < 1.29 is 13.9 Å². The average molecular weight is 264 g/mol. The van der Waals surface area contributed by atoms with Gasteiger partial charge >= 0.3 is 5.97 Å². The molecule has 0 aliphatic heterocycles. The summed E-state index contributed by atoms with van der Waals surface area (Å²) in [6, 6.07) is 0. The molecular formula is C13H25FO2S. The molecule has 0 saturated heterocycles. The molecule has 0 amide bonds. The normalized spacial score (nSPS) is 12.8. The molecule has 0 aromatic rings. The fraction of sp³-hybridized carbons (Fsp3) is 0.923. The number of esters is 1. The van der Waals surface area contributed by atoms with Crippen LogP contribution >= 0.6 is 11.8 Å². The van der Waals surface area contributed by atoms with Crippen LogP contribution in [-0.2, 0) is 9.53 Å². The molecule has 0 radical (unpaired) electrons. The lowest BCUT2D eigenvalue weighted by Gasteiger charge is -2.18. The highest BCUT2D eigenvalue weighted by molar-refractivity contribution is 8.00. The van der Waals surface area contributed by atoms with E-state index in [0.717, 1.165) is 25.0 Å². The van der Waals surface area contributed by atoms with E-state index >= 15 is 0 Å². The monoisotopic (exact) mass is 264 g/mol. The van der Waals surface area contributed by atoms with Gasteiger partial charge in [0, 0.05) is 0 Å². The third-order valence-corrected chi connectivity index (χ3v) is 4.03. The van der Waals surface area contributed by atoms with E-state index in [9.17, 15) is 9.18 Å². The number of thioether (sulfide) groups is 1. The van der Waals surface area contributed by atoms with Gasteiger partial charge in [0.1, 0.15) is 5.25 Å². The van der Waals surface area contributed by atoms with Gasteiger partial charge < -0.3 is 4.74 Å². The van der Waals surface area contributed by atoms with Gasteiger partial charge in [0.2, 0.25) is 0 Å². The molecule has 0 aliphatic carbocycles. The first-order valence-corrected chi connectivity index (χ1v) is 7.52. The van der Waals surface area contributed by atoms with Crippen molar-refractivity contribution in [3.63, 3.8) is 0 Å². The minimum Gasteiger partial charge on any atom is -0.465 e. The maximum absolute atomic E-state index is 11.9. The molecule has 1 atom stereocenters. The number of carbonyl (C=O) groups excluding carboxylic acids is 1. The summed E-state index contributed by atoms with van der Waals surface area (Å²) in [6.07, 6.45) is 3.36. The van der Waals surface area contributed by atoms with E-state index in [1.807, 2.05) is 13.8 Å². The maximum atomic E-state index is 11.9. The predicted molar refractivity (Wildman–Crippen MR) is 72.2 cm³/mol. The van der Waals surface area contributed by atoms with Crippen LogP contribution in [0.15, 0.2) is 0 Å². The molecule has 0 fully saturated rings. The van der Waals surface area contributed by atoms with Crippen LogP contribution in [0.2, 0.25) is 0 Å². The number of carbonyl (C=O) groups is 1. The lowest BCUT2D eigenvalue weighted by Crippen LogP contribution is -2.26. The van der Waals surface area contributed by atoms with Gasteiger partial charge in [-0.1, -0.05) is 27.2 Å². The summed E-state index contributed by atoms with van der Waals surface area (Å²) in [5, 5.41) is -0.105. The first kappa shape index (κ1) is 16.8. The van der Waals surface area contributed by atoms with Crippen molar-refractivity contribution in [2.24, 2.45) is 5.92 Å². The summed E-state index contributed by atoms with van der Waals surface area (Å²) in [7, 11) is 0. The molecule has 0 spiro atoms. The van der Waals surface area contributed by atoms with Gasteiger partial charge in [-0.15, -0.1) is 11.8 Å². The van der Waals surface area contributed by atoms with Crippen LogP contribution in [-0.4, -0.2) is 30.3 Å². The molecule has 4 heteroatoms. The number of unbranched alkanes of at least 4 members (excludes halogenated alkanes) is 2. The van der Waals surface area contributed by atoms with Gasteiger partial charge in [-0.05, 0) is 30.9 Å². The van der Waals surface area contributed by atoms with Gasteiger partial charge in [0.15, 0.2) is 0 Å². The van der Waals surface area contributed by atoms with Crippen LogP contribution in [0, 0.1) is 5.92 Å². The number of ether oxygens (including phenoxy) is 1. The second-order valence-electron chi connectivity index (χ2n) is 4.45. The third kappa shape index (κ3) is 8.47. The summed E-state index contributed by atoms with van der Waals surface area (Å²) in [5.41, 5.74) is 0. The SMILES string of the molecule is CCCCOC(=O)C(SCCCCF)C(C)C. The van der Waals surface area contributed by atoms with E-state index in [2.05, 4.69) is 6.92 Å². The number of rotatable bonds is 10. The Morgan fingerprint density at radius 3 is 2.53 bits per heavy atom. The lowest BCUT2D eigenvalue weighted by atomic mass is 10.1. The zero-order valence-corrected chi connectivity index (χ0v) is 12.0. The first-order chi connectivity index (χ1) is 8.13. The maximum Gasteiger partial charge on any atom is 0.319 e. The van der Waals surface area contributed by atoms with Crippen LogP contribution in [0.4, 0.5) is 4.39 Å². The molecule has 102 valence electrons. The van der Waals surface area contributed by atoms with Crippen LogP contribution in [0.1, 0.15) is 46.5 Å². The topological polar surface area (TPSA) is 26.3 Å². The Balaban J connectivity index is 3.90. The molecule has 0 aromatic heterocycles. The molecule has 17 heavy (non-hydrogen) atoms. The smallest absolute Gasteiger partial charge is 0.319 e. The molecule has 0 aliphatic rings. The molecule has 0 rings (SSSR count). The van der Waals surface area contributed by atoms with E-state index in [-0.39, 0.29) is 23.8 Å². The lowest BCUT2D eigenvalue weighted by molar-refractivity contribution is -0.143. The van der Waals surface area contributed by atoms with Crippen LogP contribution in [0.5, 0.6) is 0 Å². The molecule has 2 nitrogen and oxygen atoms in total. The Hall–Kier alpha value is -0.250. The largest absolute Gasteiger partial charge is 0.465 e. The van der Waals surface area contributed by atoms with E-state index in [0.29, 0.717) is 13.0 Å². The highest BCUT2D eigenvalue weighted by Gasteiger charge is 2.23. The second-order valence-corrected chi connectivity index (χ2v) is 5.70. The van der Waals surface area contributed by atoms with Crippen LogP contribution in [0.3, 0.4) is 0 Å². The molecule has 0 aromatic carbocycles. The average Bonchev–Trinajstić information content (AvgIpc) is 2.28. The minimum absolute atomic E-state index is 0.105. The van der Waals surface area contributed by atoms with Crippen LogP contribution < -0.4 is 0 Å². The van der Waals surface area contributed by atoms with E-state index < -0.39 is 0 Å². The van der Waals surface area contributed by atoms with Crippen molar-refractivity contribution in [1.82, 2.24) is 0 Å². The summed E-state index contributed by atoms with van der Waals surface area (Å²) in [5.74, 6) is 0.980. The van der Waals surface area contributed by atoms with Crippen molar-refractivity contribution in [3.05, 3.63) is 0 Å². The zero-order valence-electron chi connectivity index (χ0n) is 11.2. The van der Waals surface area contributed by atoms with Gasteiger partial charge in [-0.2, -0.15) is 0 Å². The Labute approximate surface area is 109 Å². The zero-order chi connectivity index (χ0) is 13.1. The van der Waals surface area contributed by atoms with Crippen LogP contribution in [0.25, 0.3) is 0 Å². The fourth-order valence-corrected chi connectivity index (χ4v) is 2.55. The van der Waals surface area contributed by atoms with Gasteiger partial charge in [0.05, 0.1) is 13.3 Å². The van der Waals surface area contributed by atoms with Gasteiger partial charge in [-0.25, -0.2) is 0 Å². The van der Waals surface area contributed by atoms with Crippen molar-refractivity contribution in [2.75, 3.05) is 19.0 Å². The van der Waals surface area contributed by atoms with E-state index in [4.69, 9.17) is 4.74 Å². The van der Waals surface area contributed by atoms with E-state index in [1.54, 1.807) is 11.8 Å². The highest BCUT2D eigenvalue weighted by Crippen LogP contribution is 2.22.